The molecule has 0 saturated carbocycles. The van der Waals surface area contributed by atoms with Crippen molar-refractivity contribution >= 4 is 20.4 Å². The van der Waals surface area contributed by atoms with E-state index >= 15 is 0 Å². The molecule has 1 aromatic heterocycles. The molecule has 0 saturated heterocycles. The van der Waals surface area contributed by atoms with E-state index in [9.17, 15) is 0 Å². The van der Waals surface area contributed by atoms with Gasteiger partial charge in [0.1, 0.15) is 0 Å². The van der Waals surface area contributed by atoms with Gasteiger partial charge in [-0.3, -0.25) is 0 Å². The number of benzene rings is 1. The van der Waals surface area contributed by atoms with Crippen LogP contribution < -0.4 is 0 Å². The Hall–Kier alpha value is -0.580. The molecule has 1 nitrogen and oxygen atoms in total. The Morgan fingerprint density at radius 1 is 1.09 bits per heavy atom. The van der Waals surface area contributed by atoms with Crippen molar-refractivity contribution in [1.82, 2.24) is 4.98 Å². The van der Waals surface area contributed by atoms with Crippen LogP contribution in [0.2, 0.25) is 0 Å². The molecule has 2 aromatic rings. The summed E-state index contributed by atoms with van der Waals surface area (Å²) >= 11 is -0.0982. The van der Waals surface area contributed by atoms with Gasteiger partial charge in [-0.15, -0.1) is 0 Å². The van der Waals surface area contributed by atoms with Gasteiger partial charge in [0.15, 0.2) is 0 Å². The van der Waals surface area contributed by atoms with Crippen molar-refractivity contribution in [2.75, 3.05) is 0 Å². The van der Waals surface area contributed by atoms with Crippen LogP contribution in [-0.2, 0) is 0 Å². The average molecular weight is 257 g/mol. The first kappa shape index (κ1) is 7.09. The molecule has 0 radical (unpaired) electrons. The molecule has 2 rings (SSSR count). The maximum absolute atomic E-state index is 4.30. The third-order valence-corrected chi connectivity index (χ3v) is 3.80. The zero-order chi connectivity index (χ0) is 7.52. The number of hydrogen-bond donors (Lipinski definition) is 0. The molecule has 0 spiro atoms. The molecule has 1 heterocycles. The molecule has 0 aliphatic carbocycles. The molecule has 0 amide bonds. The summed E-state index contributed by atoms with van der Waals surface area (Å²) in [7, 11) is 0. The standard InChI is InChI=1S/C9H7NTe/c1-2-4-8(5-3-1)9-10-6-7-11-9/h1-7H. The Kier molecular flexibility index (Phi) is 2.07. The van der Waals surface area contributed by atoms with E-state index in [2.05, 4.69) is 33.3 Å². The van der Waals surface area contributed by atoms with Crippen LogP contribution in [0.3, 0.4) is 0 Å². The molecule has 11 heavy (non-hydrogen) atoms. The average Bonchev–Trinajstić information content (AvgIpc) is 2.58. The van der Waals surface area contributed by atoms with E-state index < -0.39 is 0 Å². The molecule has 1 aromatic carbocycles. The van der Waals surface area contributed by atoms with Gasteiger partial charge in [-0.25, -0.2) is 0 Å². The van der Waals surface area contributed by atoms with Gasteiger partial charge in [-0.1, -0.05) is 0 Å². The number of nitrogens with zero attached hydrogens (tertiary/aromatic N) is 1. The van der Waals surface area contributed by atoms with Crippen LogP contribution in [0.5, 0.6) is 0 Å². The molecule has 0 aliphatic heterocycles. The van der Waals surface area contributed by atoms with E-state index in [1.54, 1.807) is 0 Å². The van der Waals surface area contributed by atoms with Gasteiger partial charge in [0.05, 0.1) is 0 Å². The molecule has 0 N–H and O–H groups in total. The minimum absolute atomic E-state index is 0.0982. The van der Waals surface area contributed by atoms with E-state index in [1.165, 1.54) is 9.27 Å². The van der Waals surface area contributed by atoms with Crippen LogP contribution in [0.25, 0.3) is 9.27 Å². The van der Waals surface area contributed by atoms with Gasteiger partial charge in [0.25, 0.3) is 0 Å². The van der Waals surface area contributed by atoms with Crippen LogP contribution in [0.15, 0.2) is 40.6 Å². The summed E-state index contributed by atoms with van der Waals surface area (Å²) in [5, 5.41) is 0. The second-order valence-electron chi connectivity index (χ2n) is 2.20. The van der Waals surface area contributed by atoms with Crippen LogP contribution >= 0.6 is 0 Å². The normalized spacial score (nSPS) is 9.82. The van der Waals surface area contributed by atoms with Crippen molar-refractivity contribution in [3.8, 4) is 9.27 Å². The SMILES string of the molecule is c1ccc(-c2ncc[te]2)cc1. The van der Waals surface area contributed by atoms with E-state index in [4.69, 9.17) is 0 Å². The van der Waals surface area contributed by atoms with Crippen molar-refractivity contribution in [3.63, 3.8) is 0 Å². The van der Waals surface area contributed by atoms with E-state index in [1.807, 2.05) is 12.3 Å². The van der Waals surface area contributed by atoms with Crippen LogP contribution in [-0.4, -0.2) is 25.4 Å². The number of aromatic nitrogens is 1. The Morgan fingerprint density at radius 2 is 1.91 bits per heavy atom. The van der Waals surface area contributed by atoms with Gasteiger partial charge < -0.3 is 0 Å². The monoisotopic (exact) mass is 259 g/mol. The predicted molar refractivity (Wildman–Crippen MR) is 46.6 cm³/mol. The van der Waals surface area contributed by atoms with Gasteiger partial charge in [0.2, 0.25) is 0 Å². The third kappa shape index (κ3) is 1.53. The maximum atomic E-state index is 4.30. The first-order valence-electron chi connectivity index (χ1n) is 3.42. The van der Waals surface area contributed by atoms with Crippen molar-refractivity contribution in [1.29, 1.82) is 0 Å². The zero-order valence-corrected chi connectivity index (χ0v) is 8.23. The molecule has 0 unspecified atom stereocenters. The predicted octanol–water partition coefficient (Wildman–Crippen LogP) is 1.81. The molecule has 0 bridgehead atoms. The first-order chi connectivity index (χ1) is 5.47. The summed E-state index contributed by atoms with van der Waals surface area (Å²) in [6.45, 7) is 0. The van der Waals surface area contributed by atoms with Gasteiger partial charge in [-0.2, -0.15) is 0 Å². The number of rotatable bonds is 1. The Balaban J connectivity index is 2.46. The topological polar surface area (TPSA) is 12.9 Å². The van der Waals surface area contributed by atoms with E-state index in [0.29, 0.717) is 0 Å². The van der Waals surface area contributed by atoms with E-state index in [-0.39, 0.29) is 20.4 Å². The Labute approximate surface area is 75.3 Å². The molecule has 2 heteroatoms. The minimum atomic E-state index is -0.0982. The summed E-state index contributed by atoms with van der Waals surface area (Å²) in [6, 6.07) is 10.4. The summed E-state index contributed by atoms with van der Waals surface area (Å²) in [6.07, 6.45) is 1.92. The number of hydrogen-bond acceptors (Lipinski definition) is 1. The van der Waals surface area contributed by atoms with Gasteiger partial charge in [-0.05, 0) is 0 Å². The van der Waals surface area contributed by atoms with Crippen molar-refractivity contribution in [2.24, 2.45) is 0 Å². The fraction of sp³-hybridized carbons (Fsp3) is 0. The first-order valence-corrected chi connectivity index (χ1v) is 5.93. The van der Waals surface area contributed by atoms with Crippen LogP contribution in [0.1, 0.15) is 0 Å². The molecule has 0 aliphatic rings. The van der Waals surface area contributed by atoms with Crippen LogP contribution in [0.4, 0.5) is 0 Å². The Bertz CT molecular complexity index is 313. The van der Waals surface area contributed by atoms with Gasteiger partial charge >= 0.3 is 75.3 Å². The Morgan fingerprint density at radius 3 is 2.55 bits per heavy atom. The summed E-state index contributed by atoms with van der Waals surface area (Å²) in [4.78, 5) is 4.30. The fourth-order valence-corrected chi connectivity index (χ4v) is 2.79. The summed E-state index contributed by atoms with van der Waals surface area (Å²) < 4.78 is 3.50. The summed E-state index contributed by atoms with van der Waals surface area (Å²) in [5.74, 6) is 0. The molecule has 0 atom stereocenters. The molecule has 54 valence electrons. The van der Waals surface area contributed by atoms with Crippen molar-refractivity contribution in [3.05, 3.63) is 40.6 Å². The summed E-state index contributed by atoms with van der Waals surface area (Å²) in [5.41, 5.74) is 1.29. The molecule has 0 fully saturated rings. The quantitative estimate of drug-likeness (QED) is 0.710. The molecular formula is C9H7NTe. The zero-order valence-electron chi connectivity index (χ0n) is 5.90. The third-order valence-electron chi connectivity index (χ3n) is 1.45. The molecular weight excluding hydrogens is 250 g/mol. The van der Waals surface area contributed by atoms with Crippen LogP contribution in [0, 0.1) is 0 Å². The fourth-order valence-electron chi connectivity index (χ4n) is 0.947. The van der Waals surface area contributed by atoms with Crippen molar-refractivity contribution < 1.29 is 0 Å². The second kappa shape index (κ2) is 3.21. The van der Waals surface area contributed by atoms with Crippen molar-refractivity contribution in [2.45, 2.75) is 0 Å². The van der Waals surface area contributed by atoms with Gasteiger partial charge in [0, 0.05) is 0 Å². The second-order valence-corrected chi connectivity index (χ2v) is 4.76. The van der Waals surface area contributed by atoms with E-state index in [0.717, 1.165) is 0 Å².